The second kappa shape index (κ2) is 3.73. The first-order valence-corrected chi connectivity index (χ1v) is 6.94. The molecule has 1 nitrogen and oxygen atoms in total. The third-order valence-corrected chi connectivity index (χ3v) is 4.92. The monoisotopic (exact) mass is 223 g/mol. The van der Waals surface area contributed by atoms with Crippen molar-refractivity contribution in [1.82, 2.24) is 5.32 Å². The Kier molecular flexibility index (Phi) is 2.89. The summed E-state index contributed by atoms with van der Waals surface area (Å²) >= 11 is 0. The molecule has 16 heavy (non-hydrogen) atoms. The predicted molar refractivity (Wildman–Crippen MR) is 70.5 cm³/mol. The molecule has 0 bridgehead atoms. The summed E-state index contributed by atoms with van der Waals surface area (Å²) in [6, 6.07) is 1.55. The maximum Gasteiger partial charge on any atom is 0.0121 e. The minimum Gasteiger partial charge on any atom is -0.310 e. The number of hydrogen-bond donors (Lipinski definition) is 1. The third-order valence-electron chi connectivity index (χ3n) is 4.92. The molecule has 0 aromatic rings. The fraction of sp³-hybridized carbons (Fsp3) is 1.00. The van der Waals surface area contributed by atoms with Crippen molar-refractivity contribution in [2.45, 2.75) is 72.9 Å². The molecule has 1 aliphatic heterocycles. The lowest BCUT2D eigenvalue weighted by molar-refractivity contribution is 0.213. The molecule has 1 saturated heterocycles. The molecular formula is C15H29N. The molecule has 2 fully saturated rings. The Morgan fingerprint density at radius 2 is 1.44 bits per heavy atom. The quantitative estimate of drug-likeness (QED) is 0.658. The highest BCUT2D eigenvalue weighted by Gasteiger charge is 2.46. The van der Waals surface area contributed by atoms with Gasteiger partial charge < -0.3 is 5.32 Å². The van der Waals surface area contributed by atoms with Gasteiger partial charge >= 0.3 is 0 Å². The SMILES string of the molecule is CC(C)(C)C1C[C@@H]2C[C@H](C(C)(C)C)CC2N1. The highest BCUT2D eigenvalue weighted by Crippen LogP contribution is 2.48. The zero-order valence-electron chi connectivity index (χ0n) is 11.9. The molecule has 94 valence electrons. The fourth-order valence-corrected chi connectivity index (χ4v) is 3.53. The van der Waals surface area contributed by atoms with E-state index in [1.807, 2.05) is 0 Å². The lowest BCUT2D eigenvalue weighted by Gasteiger charge is -2.31. The number of rotatable bonds is 0. The van der Waals surface area contributed by atoms with Gasteiger partial charge in [0.05, 0.1) is 0 Å². The average Bonchev–Trinajstić information content (AvgIpc) is 2.53. The van der Waals surface area contributed by atoms with E-state index in [1.54, 1.807) is 0 Å². The molecule has 0 radical (unpaired) electrons. The Hall–Kier alpha value is -0.0400. The van der Waals surface area contributed by atoms with Crippen molar-refractivity contribution in [3.05, 3.63) is 0 Å². The zero-order chi connectivity index (χ0) is 12.1. The molecule has 1 heteroatoms. The lowest BCUT2D eigenvalue weighted by atomic mass is 9.77. The first kappa shape index (κ1) is 12.4. The maximum atomic E-state index is 3.89. The summed E-state index contributed by atoms with van der Waals surface area (Å²) in [5, 5.41) is 3.89. The molecule has 1 saturated carbocycles. The molecule has 0 aromatic carbocycles. The predicted octanol–water partition coefficient (Wildman–Crippen LogP) is 3.84. The maximum absolute atomic E-state index is 3.89. The highest BCUT2D eigenvalue weighted by molar-refractivity contribution is 5.02. The van der Waals surface area contributed by atoms with Crippen LogP contribution in [0.3, 0.4) is 0 Å². The second-order valence-electron chi connectivity index (χ2n) is 8.22. The van der Waals surface area contributed by atoms with Gasteiger partial charge in [0.15, 0.2) is 0 Å². The second-order valence-corrected chi connectivity index (χ2v) is 8.22. The van der Waals surface area contributed by atoms with E-state index in [0.717, 1.165) is 23.9 Å². The van der Waals surface area contributed by atoms with E-state index in [4.69, 9.17) is 0 Å². The van der Waals surface area contributed by atoms with E-state index in [9.17, 15) is 0 Å². The van der Waals surface area contributed by atoms with E-state index >= 15 is 0 Å². The molecule has 2 aliphatic rings. The van der Waals surface area contributed by atoms with Gasteiger partial charge in [0.2, 0.25) is 0 Å². The van der Waals surface area contributed by atoms with E-state index in [-0.39, 0.29) is 0 Å². The zero-order valence-corrected chi connectivity index (χ0v) is 11.9. The third kappa shape index (κ3) is 2.30. The Labute approximate surface area is 101 Å². The minimum atomic E-state index is 0.432. The van der Waals surface area contributed by atoms with E-state index < -0.39 is 0 Å². The van der Waals surface area contributed by atoms with Gasteiger partial charge in [-0.3, -0.25) is 0 Å². The summed E-state index contributed by atoms with van der Waals surface area (Å²) in [4.78, 5) is 0. The van der Waals surface area contributed by atoms with Crippen molar-refractivity contribution in [3.8, 4) is 0 Å². The van der Waals surface area contributed by atoms with Crippen molar-refractivity contribution in [2.75, 3.05) is 0 Å². The van der Waals surface area contributed by atoms with E-state index in [2.05, 4.69) is 46.9 Å². The van der Waals surface area contributed by atoms with Gasteiger partial charge in [-0.1, -0.05) is 41.5 Å². The minimum absolute atomic E-state index is 0.432. The van der Waals surface area contributed by atoms with Crippen LogP contribution < -0.4 is 5.32 Å². The van der Waals surface area contributed by atoms with Crippen LogP contribution in [0.1, 0.15) is 60.8 Å². The first-order valence-electron chi connectivity index (χ1n) is 6.94. The van der Waals surface area contributed by atoms with Crippen LogP contribution in [0.25, 0.3) is 0 Å². The van der Waals surface area contributed by atoms with E-state index in [1.165, 1.54) is 19.3 Å². The lowest BCUT2D eigenvalue weighted by Crippen LogP contribution is -2.39. The molecule has 2 rings (SSSR count). The van der Waals surface area contributed by atoms with Gasteiger partial charge in [-0.05, 0) is 41.9 Å². The number of hydrogen-bond acceptors (Lipinski definition) is 1. The van der Waals surface area contributed by atoms with Crippen LogP contribution >= 0.6 is 0 Å². The smallest absolute Gasteiger partial charge is 0.0121 e. The van der Waals surface area contributed by atoms with Gasteiger partial charge in [0.1, 0.15) is 0 Å². The summed E-state index contributed by atoms with van der Waals surface area (Å²) in [6.45, 7) is 14.3. The Bertz CT molecular complexity index is 216. The Balaban J connectivity index is 1.96. The van der Waals surface area contributed by atoms with Crippen molar-refractivity contribution >= 4 is 0 Å². The van der Waals surface area contributed by atoms with Crippen LogP contribution in [0, 0.1) is 22.7 Å². The summed E-state index contributed by atoms with van der Waals surface area (Å²) in [5.74, 6) is 1.88. The molecule has 0 spiro atoms. The first-order chi connectivity index (χ1) is 7.18. The van der Waals surface area contributed by atoms with Crippen LogP contribution in [0.4, 0.5) is 0 Å². The molecule has 0 amide bonds. The van der Waals surface area contributed by atoms with Crippen molar-refractivity contribution < 1.29 is 0 Å². The average molecular weight is 223 g/mol. The molecule has 1 heterocycles. The number of fused-ring (bicyclic) bond motifs is 1. The van der Waals surface area contributed by atoms with Gasteiger partial charge in [0, 0.05) is 12.1 Å². The summed E-state index contributed by atoms with van der Waals surface area (Å²) in [6.07, 6.45) is 4.26. The normalized spacial score (nSPS) is 40.1. The summed E-state index contributed by atoms with van der Waals surface area (Å²) < 4.78 is 0. The summed E-state index contributed by atoms with van der Waals surface area (Å²) in [5.41, 5.74) is 0.935. The molecule has 4 atom stereocenters. The van der Waals surface area contributed by atoms with Crippen molar-refractivity contribution in [3.63, 3.8) is 0 Å². The topological polar surface area (TPSA) is 12.0 Å². The molecule has 2 unspecified atom stereocenters. The molecule has 1 N–H and O–H groups in total. The van der Waals surface area contributed by atoms with Crippen molar-refractivity contribution in [1.29, 1.82) is 0 Å². The Morgan fingerprint density at radius 1 is 0.812 bits per heavy atom. The van der Waals surface area contributed by atoms with Crippen LogP contribution in [0.2, 0.25) is 0 Å². The number of nitrogens with one attached hydrogen (secondary N) is 1. The van der Waals surface area contributed by atoms with Crippen LogP contribution in [0.5, 0.6) is 0 Å². The molecular weight excluding hydrogens is 194 g/mol. The van der Waals surface area contributed by atoms with Crippen LogP contribution in [-0.2, 0) is 0 Å². The van der Waals surface area contributed by atoms with Gasteiger partial charge in [-0.15, -0.1) is 0 Å². The Morgan fingerprint density at radius 3 is 1.88 bits per heavy atom. The fourth-order valence-electron chi connectivity index (χ4n) is 3.53. The molecule has 1 aliphatic carbocycles. The van der Waals surface area contributed by atoms with Gasteiger partial charge in [0.25, 0.3) is 0 Å². The van der Waals surface area contributed by atoms with Crippen LogP contribution in [-0.4, -0.2) is 12.1 Å². The largest absolute Gasteiger partial charge is 0.310 e. The van der Waals surface area contributed by atoms with E-state index in [0.29, 0.717) is 10.8 Å². The van der Waals surface area contributed by atoms with Crippen molar-refractivity contribution in [2.24, 2.45) is 22.7 Å². The van der Waals surface area contributed by atoms with Gasteiger partial charge in [-0.25, -0.2) is 0 Å². The van der Waals surface area contributed by atoms with Gasteiger partial charge in [-0.2, -0.15) is 0 Å². The van der Waals surface area contributed by atoms with Crippen LogP contribution in [0.15, 0.2) is 0 Å². The molecule has 0 aromatic heterocycles. The highest BCUT2D eigenvalue weighted by atomic mass is 15.0. The summed E-state index contributed by atoms with van der Waals surface area (Å²) in [7, 11) is 0. The standard InChI is InChI=1S/C15H29N/c1-14(2,3)11-7-10-8-13(15(4,5)6)16-12(10)9-11/h10-13,16H,7-9H2,1-6H3/t10-,11-,12?,13?/m0/s1.